The van der Waals surface area contributed by atoms with Gasteiger partial charge < -0.3 is 10.0 Å². The van der Waals surface area contributed by atoms with Crippen LogP contribution >= 0.6 is 0 Å². The number of carbonyl (C=O) groups is 2. The lowest BCUT2D eigenvalue weighted by Gasteiger charge is -2.25. The number of amides is 1. The molecule has 2 aliphatic rings. The van der Waals surface area contributed by atoms with E-state index in [9.17, 15) is 9.59 Å². The van der Waals surface area contributed by atoms with E-state index < -0.39 is 11.6 Å². The van der Waals surface area contributed by atoms with Crippen LogP contribution in [0.5, 0.6) is 0 Å². The SMILES string of the molecule is C#CCCC1(CCC(=O)N2c3ccccc3CC2CC(=O)O)N=N1. The van der Waals surface area contributed by atoms with Crippen LogP contribution in [0.3, 0.4) is 0 Å². The molecule has 3 rings (SSSR count). The van der Waals surface area contributed by atoms with Gasteiger partial charge in [0.2, 0.25) is 5.91 Å². The summed E-state index contributed by atoms with van der Waals surface area (Å²) in [5.41, 5.74) is 1.33. The third-order valence-electron chi connectivity index (χ3n) is 4.54. The smallest absolute Gasteiger partial charge is 0.305 e. The van der Waals surface area contributed by atoms with Crippen molar-refractivity contribution in [1.29, 1.82) is 0 Å². The molecule has 0 fully saturated rings. The third-order valence-corrected chi connectivity index (χ3v) is 4.54. The maximum absolute atomic E-state index is 12.8. The zero-order valence-electron chi connectivity index (χ0n) is 13.3. The van der Waals surface area contributed by atoms with Crippen molar-refractivity contribution in [1.82, 2.24) is 0 Å². The van der Waals surface area contributed by atoms with Crippen molar-refractivity contribution in [2.75, 3.05) is 4.90 Å². The first-order valence-electron chi connectivity index (χ1n) is 8.04. The molecule has 2 heterocycles. The first-order chi connectivity index (χ1) is 11.5. The highest BCUT2D eigenvalue weighted by Crippen LogP contribution is 2.39. The topological polar surface area (TPSA) is 82.3 Å². The van der Waals surface area contributed by atoms with Crippen molar-refractivity contribution in [2.24, 2.45) is 10.2 Å². The van der Waals surface area contributed by atoms with Gasteiger partial charge in [0.1, 0.15) is 0 Å². The summed E-state index contributed by atoms with van der Waals surface area (Å²) in [5.74, 6) is 1.59. The fraction of sp³-hybridized carbons (Fsp3) is 0.444. The molecule has 6 heteroatoms. The molecular weight excluding hydrogens is 306 g/mol. The number of carboxylic acids is 1. The van der Waals surface area contributed by atoms with Crippen LogP contribution in [0.25, 0.3) is 0 Å². The Morgan fingerprint density at radius 2 is 2.08 bits per heavy atom. The van der Waals surface area contributed by atoms with Crippen LogP contribution in [0.2, 0.25) is 0 Å². The van der Waals surface area contributed by atoms with Crippen LogP contribution in [0, 0.1) is 12.3 Å². The van der Waals surface area contributed by atoms with E-state index in [0.717, 1.165) is 11.3 Å². The minimum atomic E-state index is -0.900. The molecule has 24 heavy (non-hydrogen) atoms. The van der Waals surface area contributed by atoms with Crippen molar-refractivity contribution in [3.63, 3.8) is 0 Å². The van der Waals surface area contributed by atoms with Gasteiger partial charge >= 0.3 is 5.97 Å². The van der Waals surface area contributed by atoms with Crippen LogP contribution in [-0.4, -0.2) is 28.7 Å². The number of nitrogens with zero attached hydrogens (tertiary/aromatic N) is 3. The highest BCUT2D eigenvalue weighted by atomic mass is 16.4. The molecule has 0 bridgehead atoms. The molecule has 1 aromatic rings. The van der Waals surface area contributed by atoms with E-state index in [-0.39, 0.29) is 24.8 Å². The number of para-hydroxylation sites is 1. The van der Waals surface area contributed by atoms with Crippen molar-refractivity contribution in [2.45, 2.75) is 50.2 Å². The Labute approximate surface area is 140 Å². The molecule has 1 atom stereocenters. The highest BCUT2D eigenvalue weighted by molar-refractivity contribution is 5.97. The largest absolute Gasteiger partial charge is 0.481 e. The maximum Gasteiger partial charge on any atom is 0.305 e. The summed E-state index contributed by atoms with van der Waals surface area (Å²) in [6.45, 7) is 0. The maximum atomic E-state index is 12.8. The molecule has 0 aliphatic carbocycles. The van der Waals surface area contributed by atoms with Gasteiger partial charge in [0.15, 0.2) is 5.66 Å². The van der Waals surface area contributed by atoms with E-state index in [1.165, 1.54) is 0 Å². The molecule has 0 saturated carbocycles. The number of anilines is 1. The Kier molecular flexibility index (Phi) is 4.34. The van der Waals surface area contributed by atoms with Gasteiger partial charge in [-0.25, -0.2) is 0 Å². The first-order valence-corrected chi connectivity index (χ1v) is 8.04. The van der Waals surface area contributed by atoms with Gasteiger partial charge in [-0.05, 0) is 18.1 Å². The fourth-order valence-electron chi connectivity index (χ4n) is 3.26. The van der Waals surface area contributed by atoms with Gasteiger partial charge in [0.05, 0.1) is 12.5 Å². The van der Waals surface area contributed by atoms with Crippen LogP contribution in [0.4, 0.5) is 5.69 Å². The van der Waals surface area contributed by atoms with Gasteiger partial charge in [-0.15, -0.1) is 12.3 Å². The normalized spacial score (nSPS) is 19.6. The highest BCUT2D eigenvalue weighted by Gasteiger charge is 2.41. The summed E-state index contributed by atoms with van der Waals surface area (Å²) in [6.07, 6.45) is 7.83. The molecule has 2 aliphatic heterocycles. The summed E-state index contributed by atoms with van der Waals surface area (Å²) in [6, 6.07) is 7.25. The molecule has 1 unspecified atom stereocenters. The van der Waals surface area contributed by atoms with Gasteiger partial charge in [-0.3, -0.25) is 9.59 Å². The second-order valence-electron chi connectivity index (χ2n) is 6.23. The minimum absolute atomic E-state index is 0.0581. The molecule has 0 spiro atoms. The van der Waals surface area contributed by atoms with Crippen LogP contribution in [0.15, 0.2) is 34.5 Å². The standard InChI is InChI=1S/C18H19N3O3/c1-2-3-9-18(19-20-18)10-8-16(22)21-14(12-17(23)24)11-13-6-4-5-7-15(13)21/h1,4-7,14H,3,8-12H2,(H,23,24). The van der Waals surface area contributed by atoms with E-state index in [1.54, 1.807) is 4.90 Å². The number of hydrogen-bond acceptors (Lipinski definition) is 4. The molecule has 124 valence electrons. The van der Waals surface area contributed by atoms with E-state index >= 15 is 0 Å². The summed E-state index contributed by atoms with van der Waals surface area (Å²) < 4.78 is 0. The summed E-state index contributed by atoms with van der Waals surface area (Å²) in [5, 5.41) is 17.2. The first kappa shape index (κ1) is 16.2. The second-order valence-corrected chi connectivity index (χ2v) is 6.23. The molecule has 1 amide bonds. The van der Waals surface area contributed by atoms with Gasteiger partial charge in [-0.2, -0.15) is 10.2 Å². The Balaban J connectivity index is 1.69. The number of carbonyl (C=O) groups excluding carboxylic acids is 1. The zero-order chi connectivity index (χ0) is 17.2. The fourth-order valence-corrected chi connectivity index (χ4v) is 3.26. The van der Waals surface area contributed by atoms with Crippen LogP contribution in [0.1, 0.15) is 37.7 Å². The number of carboxylic acid groups (broad SMARTS) is 1. The van der Waals surface area contributed by atoms with Crippen molar-refractivity contribution < 1.29 is 14.7 Å². The Morgan fingerprint density at radius 1 is 1.33 bits per heavy atom. The predicted octanol–water partition coefficient (Wildman–Crippen LogP) is 2.77. The summed E-state index contributed by atoms with van der Waals surface area (Å²) in [7, 11) is 0. The Bertz CT molecular complexity index is 729. The molecule has 0 radical (unpaired) electrons. The van der Waals surface area contributed by atoms with E-state index in [2.05, 4.69) is 16.1 Å². The lowest BCUT2D eigenvalue weighted by atomic mass is 10.0. The molecule has 6 nitrogen and oxygen atoms in total. The van der Waals surface area contributed by atoms with Gasteiger partial charge in [-0.1, -0.05) is 18.2 Å². The van der Waals surface area contributed by atoms with Crippen molar-refractivity contribution in [3.05, 3.63) is 29.8 Å². The number of hydrogen-bond donors (Lipinski definition) is 1. The third kappa shape index (κ3) is 3.30. The van der Waals surface area contributed by atoms with Gasteiger partial charge in [0, 0.05) is 31.4 Å². The van der Waals surface area contributed by atoms with Crippen molar-refractivity contribution in [3.8, 4) is 12.3 Å². The summed E-state index contributed by atoms with van der Waals surface area (Å²) in [4.78, 5) is 25.5. The number of fused-ring (bicyclic) bond motifs is 1. The lowest BCUT2D eigenvalue weighted by Crippen LogP contribution is -2.39. The van der Waals surface area contributed by atoms with E-state index in [4.69, 9.17) is 11.5 Å². The molecule has 0 saturated heterocycles. The number of benzene rings is 1. The average molecular weight is 325 g/mol. The average Bonchev–Trinajstić information content (AvgIpc) is 3.24. The zero-order valence-corrected chi connectivity index (χ0v) is 13.3. The summed E-state index contributed by atoms with van der Waals surface area (Å²) >= 11 is 0. The lowest BCUT2D eigenvalue weighted by molar-refractivity contribution is -0.137. The van der Waals surface area contributed by atoms with E-state index in [1.807, 2.05) is 24.3 Å². The monoisotopic (exact) mass is 325 g/mol. The Morgan fingerprint density at radius 3 is 2.75 bits per heavy atom. The molecule has 0 aromatic heterocycles. The molecule has 1 N–H and O–H groups in total. The number of aliphatic carboxylic acids is 1. The van der Waals surface area contributed by atoms with E-state index in [0.29, 0.717) is 25.7 Å². The Hall–Kier alpha value is -2.68. The van der Waals surface area contributed by atoms with Gasteiger partial charge in [0.25, 0.3) is 0 Å². The predicted molar refractivity (Wildman–Crippen MR) is 88.6 cm³/mol. The molecule has 1 aromatic carbocycles. The molecular formula is C18H19N3O3. The van der Waals surface area contributed by atoms with Crippen LogP contribution < -0.4 is 4.90 Å². The second kappa shape index (κ2) is 6.44. The minimum Gasteiger partial charge on any atom is -0.481 e. The number of rotatable bonds is 7. The van der Waals surface area contributed by atoms with Crippen molar-refractivity contribution >= 4 is 17.6 Å². The number of terminal acetylenes is 1. The van der Waals surface area contributed by atoms with Crippen LogP contribution in [-0.2, 0) is 16.0 Å². The quantitative estimate of drug-likeness (QED) is 0.783.